The highest BCUT2D eigenvalue weighted by Crippen LogP contribution is 2.68. The number of nitrogens with one attached hydrogen (secondary N) is 1. The molecule has 0 fully saturated rings. The van der Waals surface area contributed by atoms with E-state index in [0.717, 1.165) is 0 Å². The van der Waals surface area contributed by atoms with Gasteiger partial charge in [0.25, 0.3) is 5.08 Å². The summed E-state index contributed by atoms with van der Waals surface area (Å²) < 4.78 is 21.9. The molecular formula is C6H16N2O7P2. The molecule has 0 radical (unpaired) electrons. The smallest absolute Gasteiger partial charge is 0.369 e. The number of rotatable bonds is 5. The molecule has 0 saturated carbocycles. The van der Waals surface area contributed by atoms with Gasteiger partial charge in [0.1, 0.15) is 0 Å². The molecule has 0 amide bonds. The van der Waals surface area contributed by atoms with Crippen LogP contribution in [0, 0.1) is 0 Å². The van der Waals surface area contributed by atoms with E-state index >= 15 is 0 Å². The van der Waals surface area contributed by atoms with Crippen LogP contribution in [-0.4, -0.2) is 49.2 Å². The third-order valence-electron chi connectivity index (χ3n) is 2.11. The van der Waals surface area contributed by atoms with E-state index in [0.29, 0.717) is 5.84 Å². The van der Waals surface area contributed by atoms with Crippen LogP contribution in [0.15, 0.2) is 4.99 Å². The third kappa shape index (κ3) is 4.15. The van der Waals surface area contributed by atoms with Crippen LogP contribution in [0.3, 0.4) is 0 Å². The molecule has 6 N–H and O–H groups in total. The molecule has 9 nitrogen and oxygen atoms in total. The molecule has 17 heavy (non-hydrogen) atoms. The predicted molar refractivity (Wildman–Crippen MR) is 60.7 cm³/mol. The Kier molecular flexibility index (Phi) is 5.49. The summed E-state index contributed by atoms with van der Waals surface area (Å²) >= 11 is 0. The van der Waals surface area contributed by atoms with E-state index in [1.54, 1.807) is 6.92 Å². The lowest BCUT2D eigenvalue weighted by Gasteiger charge is -2.29. The Morgan fingerprint density at radius 1 is 1.24 bits per heavy atom. The van der Waals surface area contributed by atoms with Gasteiger partial charge in [0, 0.05) is 20.0 Å². The number of aliphatic hydroxyl groups is 1. The van der Waals surface area contributed by atoms with Gasteiger partial charge in [-0.1, -0.05) is 0 Å². The Bertz CT molecular complexity index is 362. The number of hydrogen-bond acceptors (Lipinski definition) is 4. The van der Waals surface area contributed by atoms with Crippen LogP contribution in [0.25, 0.3) is 0 Å². The molecule has 0 aliphatic heterocycles. The maximum absolute atomic E-state index is 10.9. The molecule has 0 unspecified atom stereocenters. The van der Waals surface area contributed by atoms with Crippen molar-refractivity contribution < 1.29 is 33.8 Å². The highest BCUT2D eigenvalue weighted by atomic mass is 31.2. The molecule has 102 valence electrons. The van der Waals surface area contributed by atoms with Gasteiger partial charge in [-0.05, 0) is 6.92 Å². The average Bonchev–Trinajstić information content (AvgIpc) is 2.13. The lowest BCUT2D eigenvalue weighted by atomic mass is 10.4. The van der Waals surface area contributed by atoms with Gasteiger partial charge in [-0.2, -0.15) is 0 Å². The zero-order valence-corrected chi connectivity index (χ0v) is 11.1. The van der Waals surface area contributed by atoms with Crippen LogP contribution in [-0.2, 0) is 9.13 Å². The second-order valence-corrected chi connectivity index (χ2v) is 7.36. The van der Waals surface area contributed by atoms with E-state index in [2.05, 4.69) is 10.3 Å². The fourth-order valence-electron chi connectivity index (χ4n) is 0.951. The SMILES string of the molecule is C/N=C(\C)NCCC(O)(P(=O)(O)O)P(=O)(O)O. The Labute approximate surface area is 97.9 Å². The fraction of sp³-hybridized carbons (Fsp3) is 0.833. The topological polar surface area (TPSA) is 160 Å². The van der Waals surface area contributed by atoms with E-state index in [1.165, 1.54) is 7.05 Å². The summed E-state index contributed by atoms with van der Waals surface area (Å²) in [5, 5.41) is 8.63. The maximum Gasteiger partial charge on any atom is 0.369 e. The molecule has 0 atom stereocenters. The minimum Gasteiger partial charge on any atom is -0.374 e. The van der Waals surface area contributed by atoms with Crippen molar-refractivity contribution >= 4 is 21.0 Å². The first-order valence-corrected chi connectivity index (χ1v) is 7.69. The molecule has 0 aromatic rings. The van der Waals surface area contributed by atoms with Crippen molar-refractivity contribution in [2.75, 3.05) is 13.6 Å². The highest BCUT2D eigenvalue weighted by molar-refractivity contribution is 7.72. The van der Waals surface area contributed by atoms with Crippen LogP contribution < -0.4 is 5.32 Å². The first-order chi connectivity index (χ1) is 7.45. The van der Waals surface area contributed by atoms with E-state index < -0.39 is 26.7 Å². The van der Waals surface area contributed by atoms with Crippen molar-refractivity contribution in [3.63, 3.8) is 0 Å². The first-order valence-electron chi connectivity index (χ1n) is 4.46. The predicted octanol–water partition coefficient (Wildman–Crippen LogP) is -0.984. The summed E-state index contributed by atoms with van der Waals surface area (Å²) in [5.41, 5.74) is 0. The lowest BCUT2D eigenvalue weighted by molar-refractivity contribution is 0.124. The van der Waals surface area contributed by atoms with Gasteiger partial charge in [-0.3, -0.25) is 14.1 Å². The van der Waals surface area contributed by atoms with Gasteiger partial charge >= 0.3 is 15.2 Å². The summed E-state index contributed by atoms with van der Waals surface area (Å²) in [6, 6.07) is 0. The quantitative estimate of drug-likeness (QED) is 0.214. The zero-order chi connectivity index (χ0) is 13.9. The molecule has 0 aliphatic rings. The van der Waals surface area contributed by atoms with Crippen LogP contribution >= 0.6 is 15.2 Å². The largest absolute Gasteiger partial charge is 0.374 e. The Morgan fingerprint density at radius 3 is 1.94 bits per heavy atom. The summed E-state index contributed by atoms with van der Waals surface area (Å²) in [5.74, 6) is 0.406. The zero-order valence-electron chi connectivity index (χ0n) is 9.31. The summed E-state index contributed by atoms with van der Waals surface area (Å²) in [4.78, 5) is 38.9. The highest BCUT2D eigenvalue weighted by Gasteiger charge is 2.58. The lowest BCUT2D eigenvalue weighted by Crippen LogP contribution is -2.34. The van der Waals surface area contributed by atoms with Crippen LogP contribution in [0.5, 0.6) is 0 Å². The van der Waals surface area contributed by atoms with Gasteiger partial charge in [0.2, 0.25) is 0 Å². The molecule has 0 spiro atoms. The summed E-state index contributed by atoms with van der Waals surface area (Å²) in [6.45, 7) is 1.31. The average molecular weight is 290 g/mol. The summed E-state index contributed by atoms with van der Waals surface area (Å²) in [6.07, 6.45) is -0.811. The minimum absolute atomic E-state index is 0.240. The molecule has 0 aromatic heterocycles. The van der Waals surface area contributed by atoms with Crippen LogP contribution in [0.1, 0.15) is 13.3 Å². The second kappa shape index (κ2) is 5.58. The van der Waals surface area contributed by atoms with Crippen LogP contribution in [0.4, 0.5) is 0 Å². The molecular weight excluding hydrogens is 274 g/mol. The van der Waals surface area contributed by atoms with Gasteiger partial charge in [0.15, 0.2) is 0 Å². The standard InChI is InChI=1S/C6H16N2O7P2/c1-5(7-2)8-4-3-6(9,16(10,11)12)17(13,14)15/h9H,3-4H2,1-2H3,(H,7,8)(H2,10,11,12)(H2,13,14,15). The Balaban J connectivity index is 4.90. The molecule has 0 rings (SSSR count). The summed E-state index contributed by atoms with van der Waals surface area (Å²) in [7, 11) is -9.27. The van der Waals surface area contributed by atoms with Crippen molar-refractivity contribution in [3.05, 3.63) is 0 Å². The van der Waals surface area contributed by atoms with Crippen molar-refractivity contribution in [1.82, 2.24) is 5.32 Å². The number of hydrogen-bond donors (Lipinski definition) is 6. The Morgan fingerprint density at radius 2 is 1.65 bits per heavy atom. The van der Waals surface area contributed by atoms with E-state index in [-0.39, 0.29) is 6.54 Å². The van der Waals surface area contributed by atoms with E-state index in [4.69, 9.17) is 19.6 Å². The third-order valence-corrected chi connectivity index (χ3v) is 5.99. The van der Waals surface area contributed by atoms with Gasteiger partial charge in [-0.15, -0.1) is 0 Å². The van der Waals surface area contributed by atoms with Crippen molar-refractivity contribution in [2.24, 2.45) is 4.99 Å². The molecule has 0 aliphatic carbocycles. The molecule has 0 heterocycles. The second-order valence-electron chi connectivity index (χ2n) is 3.35. The van der Waals surface area contributed by atoms with Crippen molar-refractivity contribution in [2.45, 2.75) is 18.4 Å². The van der Waals surface area contributed by atoms with Gasteiger partial charge in [0.05, 0.1) is 5.84 Å². The van der Waals surface area contributed by atoms with E-state index in [9.17, 15) is 14.2 Å². The van der Waals surface area contributed by atoms with Gasteiger partial charge < -0.3 is 30.0 Å². The Hall–Kier alpha value is -0.270. The molecule has 0 bridgehead atoms. The normalized spacial score (nSPS) is 14.9. The van der Waals surface area contributed by atoms with E-state index in [1.807, 2.05) is 0 Å². The number of nitrogens with zero attached hydrogens (tertiary/aromatic N) is 1. The first kappa shape index (κ1) is 16.7. The minimum atomic E-state index is -5.37. The van der Waals surface area contributed by atoms with Gasteiger partial charge in [-0.25, -0.2) is 0 Å². The fourth-order valence-corrected chi connectivity index (χ4v) is 3.11. The van der Waals surface area contributed by atoms with Crippen molar-refractivity contribution in [1.29, 1.82) is 0 Å². The number of aliphatic imine (C=N–C) groups is 1. The molecule has 0 aromatic carbocycles. The van der Waals surface area contributed by atoms with Crippen LogP contribution in [0.2, 0.25) is 0 Å². The number of amidine groups is 1. The monoisotopic (exact) mass is 290 g/mol. The maximum atomic E-state index is 10.9. The van der Waals surface area contributed by atoms with Crippen molar-refractivity contribution in [3.8, 4) is 0 Å². The molecule has 0 saturated heterocycles. The molecule has 11 heteroatoms.